The van der Waals surface area contributed by atoms with Gasteiger partial charge in [0.05, 0.1) is 5.56 Å². The molecule has 0 N–H and O–H groups in total. The number of ether oxygens (including phenoxy) is 1. The fraction of sp³-hybridized carbons (Fsp3) is 0. The highest BCUT2D eigenvalue weighted by Gasteiger charge is 2.10. The van der Waals surface area contributed by atoms with Gasteiger partial charge in [-0.05, 0) is 12.1 Å². The van der Waals surface area contributed by atoms with Gasteiger partial charge >= 0.3 is 0 Å². The first-order valence-corrected chi connectivity index (χ1v) is 5.15. The van der Waals surface area contributed by atoms with E-state index in [2.05, 4.69) is 11.2 Å². The van der Waals surface area contributed by atoms with Crippen molar-refractivity contribution < 1.29 is 4.74 Å². The second kappa shape index (κ2) is 4.43. The molecule has 2 aromatic rings. The van der Waals surface area contributed by atoms with Gasteiger partial charge in [-0.1, -0.05) is 17.4 Å². The van der Waals surface area contributed by atoms with Gasteiger partial charge in [0.15, 0.2) is 0 Å². The lowest BCUT2D eigenvalue weighted by molar-refractivity contribution is 0.477. The van der Waals surface area contributed by atoms with Crippen molar-refractivity contribution in [1.29, 1.82) is 10.5 Å². The van der Waals surface area contributed by atoms with Gasteiger partial charge in [0.25, 0.3) is 5.19 Å². The maximum Gasteiger partial charge on any atom is 0.279 e. The Kier molecular flexibility index (Phi) is 2.81. The summed E-state index contributed by atoms with van der Waals surface area (Å²) in [6.45, 7) is 0. The van der Waals surface area contributed by atoms with E-state index < -0.39 is 0 Å². The number of benzene rings is 1. The SMILES string of the molecule is N#Cc1cccc(Oc2n[c]cs2)c1C#N. The summed E-state index contributed by atoms with van der Waals surface area (Å²) in [6.07, 6.45) is 2.61. The molecule has 1 heterocycles. The molecule has 1 radical (unpaired) electrons. The molecule has 0 amide bonds. The van der Waals surface area contributed by atoms with Gasteiger partial charge in [-0.2, -0.15) is 10.5 Å². The minimum absolute atomic E-state index is 0.222. The van der Waals surface area contributed by atoms with E-state index in [1.165, 1.54) is 11.3 Å². The second-order valence-electron chi connectivity index (χ2n) is 2.75. The van der Waals surface area contributed by atoms with Gasteiger partial charge in [-0.15, -0.1) is 0 Å². The summed E-state index contributed by atoms with van der Waals surface area (Å²) in [5.74, 6) is 0.338. The Bertz CT molecular complexity index is 578. The van der Waals surface area contributed by atoms with Crippen molar-refractivity contribution in [3.63, 3.8) is 0 Å². The number of hydrogen-bond acceptors (Lipinski definition) is 5. The standard InChI is InChI=1S/C11H4N3OS/c12-6-8-2-1-3-10(9(8)7-13)15-11-14-4-5-16-11/h1-3,5H. The van der Waals surface area contributed by atoms with Crippen LogP contribution in [0.1, 0.15) is 11.1 Å². The van der Waals surface area contributed by atoms with E-state index in [0.717, 1.165) is 0 Å². The first-order chi connectivity index (χ1) is 7.85. The van der Waals surface area contributed by atoms with Crippen LogP contribution in [0.3, 0.4) is 0 Å². The summed E-state index contributed by atoms with van der Waals surface area (Å²) in [6, 6.07) is 8.74. The van der Waals surface area contributed by atoms with Crippen molar-refractivity contribution in [3.05, 3.63) is 40.9 Å². The third-order valence-corrected chi connectivity index (χ3v) is 2.42. The van der Waals surface area contributed by atoms with Crippen molar-refractivity contribution in [2.75, 3.05) is 0 Å². The molecule has 1 aromatic carbocycles. The molecule has 0 saturated carbocycles. The maximum atomic E-state index is 8.95. The molecule has 0 atom stereocenters. The molecular formula is C11H4N3OS. The number of nitrogens with zero attached hydrogens (tertiary/aromatic N) is 3. The van der Waals surface area contributed by atoms with E-state index in [9.17, 15) is 0 Å². The van der Waals surface area contributed by atoms with E-state index in [4.69, 9.17) is 15.3 Å². The summed E-state index contributed by atoms with van der Waals surface area (Å²) in [5, 5.41) is 19.8. The molecule has 0 bridgehead atoms. The average Bonchev–Trinajstić information content (AvgIpc) is 2.81. The number of hydrogen-bond donors (Lipinski definition) is 0. The second-order valence-corrected chi connectivity index (χ2v) is 3.57. The normalized spacial score (nSPS) is 9.12. The molecule has 0 aliphatic rings. The van der Waals surface area contributed by atoms with E-state index in [0.29, 0.717) is 16.5 Å². The maximum absolute atomic E-state index is 8.95. The Morgan fingerprint density at radius 2 is 2.19 bits per heavy atom. The monoisotopic (exact) mass is 226 g/mol. The topological polar surface area (TPSA) is 69.7 Å². The molecule has 0 aliphatic heterocycles. The van der Waals surface area contributed by atoms with Crippen LogP contribution in [0.25, 0.3) is 0 Å². The zero-order chi connectivity index (χ0) is 11.4. The van der Waals surface area contributed by atoms with Crippen molar-refractivity contribution in [1.82, 2.24) is 4.98 Å². The highest BCUT2D eigenvalue weighted by atomic mass is 32.1. The molecule has 0 unspecified atom stereocenters. The van der Waals surface area contributed by atoms with Crippen molar-refractivity contribution in [2.45, 2.75) is 0 Å². The van der Waals surface area contributed by atoms with Crippen LogP contribution in [-0.2, 0) is 0 Å². The van der Waals surface area contributed by atoms with Gasteiger partial charge in [0.2, 0.25) is 0 Å². The number of nitriles is 2. The van der Waals surface area contributed by atoms with Crippen molar-refractivity contribution >= 4 is 11.3 Å². The number of thiazole rings is 1. The molecule has 0 saturated heterocycles. The van der Waals surface area contributed by atoms with E-state index >= 15 is 0 Å². The van der Waals surface area contributed by atoms with Crippen LogP contribution in [-0.4, -0.2) is 4.98 Å². The molecule has 1 aromatic heterocycles. The van der Waals surface area contributed by atoms with Crippen LogP contribution in [0, 0.1) is 28.9 Å². The molecule has 0 spiro atoms. The van der Waals surface area contributed by atoms with Crippen LogP contribution in [0.5, 0.6) is 10.9 Å². The summed E-state index contributed by atoms with van der Waals surface area (Å²) < 4.78 is 5.39. The smallest absolute Gasteiger partial charge is 0.279 e. The molecule has 4 nitrogen and oxygen atoms in total. The predicted molar refractivity (Wildman–Crippen MR) is 56.9 cm³/mol. The lowest BCUT2D eigenvalue weighted by Crippen LogP contribution is -1.90. The lowest BCUT2D eigenvalue weighted by Gasteiger charge is -2.04. The lowest BCUT2D eigenvalue weighted by atomic mass is 10.1. The quantitative estimate of drug-likeness (QED) is 0.788. The molecule has 75 valence electrons. The van der Waals surface area contributed by atoms with E-state index in [1.807, 2.05) is 12.1 Å². The largest absolute Gasteiger partial charge is 0.429 e. The van der Waals surface area contributed by atoms with Crippen molar-refractivity contribution in [2.24, 2.45) is 0 Å². The summed E-state index contributed by atoms with van der Waals surface area (Å²) >= 11 is 1.27. The first kappa shape index (κ1) is 10.2. The highest BCUT2D eigenvalue weighted by Crippen LogP contribution is 2.27. The minimum Gasteiger partial charge on any atom is -0.429 e. The Hall–Kier alpha value is -2.37. The van der Waals surface area contributed by atoms with Crippen LogP contribution < -0.4 is 4.74 Å². The molecule has 2 rings (SSSR count). The van der Waals surface area contributed by atoms with Crippen molar-refractivity contribution in [3.8, 4) is 23.1 Å². The predicted octanol–water partition coefficient (Wildman–Crippen LogP) is 2.48. The summed E-state index contributed by atoms with van der Waals surface area (Å²) in [7, 11) is 0. The Morgan fingerprint density at radius 3 is 2.81 bits per heavy atom. The van der Waals surface area contributed by atoms with Gasteiger partial charge in [0.1, 0.15) is 29.6 Å². The fourth-order valence-corrected chi connectivity index (χ4v) is 1.60. The van der Waals surface area contributed by atoms with Gasteiger partial charge in [-0.25, -0.2) is 4.98 Å². The van der Waals surface area contributed by atoms with Crippen LogP contribution >= 0.6 is 11.3 Å². The van der Waals surface area contributed by atoms with Crippen LogP contribution in [0.15, 0.2) is 23.6 Å². The molecule has 5 heteroatoms. The highest BCUT2D eigenvalue weighted by molar-refractivity contribution is 7.11. The Morgan fingerprint density at radius 1 is 1.31 bits per heavy atom. The minimum atomic E-state index is 0.222. The average molecular weight is 226 g/mol. The zero-order valence-electron chi connectivity index (χ0n) is 7.97. The van der Waals surface area contributed by atoms with Gasteiger partial charge in [-0.3, -0.25) is 0 Å². The third-order valence-electron chi connectivity index (χ3n) is 1.82. The van der Waals surface area contributed by atoms with E-state index in [-0.39, 0.29) is 5.56 Å². The molecule has 16 heavy (non-hydrogen) atoms. The first-order valence-electron chi connectivity index (χ1n) is 4.28. The third kappa shape index (κ3) is 1.85. The van der Waals surface area contributed by atoms with Gasteiger partial charge in [0, 0.05) is 5.38 Å². The number of aromatic nitrogens is 1. The summed E-state index contributed by atoms with van der Waals surface area (Å²) in [5.41, 5.74) is 0.515. The van der Waals surface area contributed by atoms with Gasteiger partial charge < -0.3 is 4.74 Å². The zero-order valence-corrected chi connectivity index (χ0v) is 8.78. The molecular weight excluding hydrogens is 222 g/mol. The summed E-state index contributed by atoms with van der Waals surface area (Å²) in [4.78, 5) is 3.82. The number of rotatable bonds is 2. The Labute approximate surface area is 96.0 Å². The van der Waals surface area contributed by atoms with E-state index in [1.54, 1.807) is 23.6 Å². The van der Waals surface area contributed by atoms with Crippen LogP contribution in [0.2, 0.25) is 0 Å². The fourth-order valence-electron chi connectivity index (χ4n) is 1.15. The Balaban J connectivity index is 2.43. The molecule has 0 fully saturated rings. The van der Waals surface area contributed by atoms with Crippen LogP contribution in [0.4, 0.5) is 0 Å². The molecule has 0 aliphatic carbocycles.